The zero-order valence-electron chi connectivity index (χ0n) is 8.31. The van der Waals surface area contributed by atoms with Gasteiger partial charge in [-0.25, -0.2) is 0 Å². The van der Waals surface area contributed by atoms with Gasteiger partial charge in [0.1, 0.15) is 0 Å². The topological polar surface area (TPSA) is 35.2 Å². The van der Waals surface area contributed by atoms with Crippen molar-refractivity contribution in [2.75, 3.05) is 13.2 Å². The van der Waals surface area contributed by atoms with Crippen molar-refractivity contribution in [1.29, 1.82) is 0 Å². The van der Waals surface area contributed by atoms with Crippen molar-refractivity contribution >= 4 is 0 Å². The summed E-state index contributed by atoms with van der Waals surface area (Å²) in [6, 6.07) is 0. The molecule has 1 saturated carbocycles. The summed E-state index contributed by atoms with van der Waals surface area (Å²) in [6.45, 7) is 5.64. The van der Waals surface area contributed by atoms with Gasteiger partial charge in [0, 0.05) is 13.2 Å². The Balaban J connectivity index is 2.51. The molecule has 0 saturated heterocycles. The van der Waals surface area contributed by atoms with Gasteiger partial charge in [0.25, 0.3) is 0 Å². The lowest BCUT2D eigenvalue weighted by molar-refractivity contribution is -0.0596. The Morgan fingerprint density at radius 1 is 1.42 bits per heavy atom. The Bertz CT molecular complexity index is 132. The first kappa shape index (κ1) is 10.0. The second-order valence-corrected chi connectivity index (χ2v) is 3.93. The lowest BCUT2D eigenvalue weighted by atomic mass is 9.87. The second-order valence-electron chi connectivity index (χ2n) is 3.93. The zero-order valence-corrected chi connectivity index (χ0v) is 8.31. The van der Waals surface area contributed by atoms with Crippen LogP contribution in [0.15, 0.2) is 0 Å². The third kappa shape index (κ3) is 1.99. The highest BCUT2D eigenvalue weighted by atomic mass is 16.5. The van der Waals surface area contributed by atoms with Gasteiger partial charge in [-0.15, -0.1) is 0 Å². The summed E-state index contributed by atoms with van der Waals surface area (Å²) in [5.41, 5.74) is 5.70. The van der Waals surface area contributed by atoms with E-state index in [4.69, 9.17) is 10.5 Å². The van der Waals surface area contributed by atoms with Gasteiger partial charge in [-0.2, -0.15) is 0 Å². The zero-order chi connectivity index (χ0) is 9.03. The molecule has 0 heterocycles. The van der Waals surface area contributed by atoms with E-state index in [9.17, 15) is 0 Å². The van der Waals surface area contributed by atoms with Crippen LogP contribution in [0.2, 0.25) is 0 Å². The minimum absolute atomic E-state index is 0.0503. The van der Waals surface area contributed by atoms with E-state index >= 15 is 0 Å². The van der Waals surface area contributed by atoms with Crippen LogP contribution in [0.3, 0.4) is 0 Å². The number of nitrogens with two attached hydrogens (primary N) is 1. The molecule has 1 aliphatic rings. The van der Waals surface area contributed by atoms with Crippen LogP contribution in [0.1, 0.15) is 39.5 Å². The van der Waals surface area contributed by atoms with Crippen LogP contribution in [0.5, 0.6) is 0 Å². The highest BCUT2D eigenvalue weighted by Gasteiger charge is 2.35. The lowest BCUT2D eigenvalue weighted by Gasteiger charge is -2.34. The fraction of sp³-hybridized carbons (Fsp3) is 1.00. The molecule has 0 aromatic carbocycles. The molecule has 1 aliphatic carbocycles. The highest BCUT2D eigenvalue weighted by molar-refractivity contribution is 4.87. The summed E-state index contributed by atoms with van der Waals surface area (Å²) in [6.07, 6.45) is 5.31. The summed E-state index contributed by atoms with van der Waals surface area (Å²) in [5.74, 6) is 0.697. The van der Waals surface area contributed by atoms with Gasteiger partial charge >= 0.3 is 0 Å². The first-order valence-electron chi connectivity index (χ1n) is 5.07. The van der Waals surface area contributed by atoms with E-state index in [0.29, 0.717) is 12.5 Å². The monoisotopic (exact) mass is 171 g/mol. The van der Waals surface area contributed by atoms with Gasteiger partial charge in [-0.3, -0.25) is 0 Å². The van der Waals surface area contributed by atoms with Gasteiger partial charge in [0.2, 0.25) is 0 Å². The number of ether oxygens (including phenoxy) is 1. The molecule has 1 rings (SSSR count). The molecule has 0 radical (unpaired) electrons. The molecule has 2 heteroatoms. The second kappa shape index (κ2) is 4.24. The number of hydrogen-bond donors (Lipinski definition) is 1. The first-order valence-corrected chi connectivity index (χ1v) is 5.07. The molecule has 0 amide bonds. The summed E-state index contributed by atoms with van der Waals surface area (Å²) >= 11 is 0. The van der Waals surface area contributed by atoms with E-state index < -0.39 is 0 Å². The number of hydrogen-bond acceptors (Lipinski definition) is 2. The van der Waals surface area contributed by atoms with Crippen LogP contribution in [0, 0.1) is 5.92 Å². The summed E-state index contributed by atoms with van der Waals surface area (Å²) in [7, 11) is 0. The third-order valence-corrected chi connectivity index (χ3v) is 3.10. The van der Waals surface area contributed by atoms with Crippen LogP contribution in [0.4, 0.5) is 0 Å². The molecule has 1 unspecified atom stereocenters. The van der Waals surface area contributed by atoms with Crippen molar-refractivity contribution in [1.82, 2.24) is 0 Å². The van der Waals surface area contributed by atoms with Crippen LogP contribution >= 0.6 is 0 Å². The van der Waals surface area contributed by atoms with Crippen LogP contribution in [0.25, 0.3) is 0 Å². The normalized spacial score (nSPS) is 24.2. The van der Waals surface area contributed by atoms with Crippen LogP contribution in [-0.2, 0) is 4.74 Å². The Kier molecular flexibility index (Phi) is 3.53. The molecule has 2 nitrogen and oxygen atoms in total. The highest BCUT2D eigenvalue weighted by Crippen LogP contribution is 2.35. The maximum Gasteiger partial charge on any atom is 0.0803 e. The third-order valence-electron chi connectivity index (χ3n) is 3.10. The average molecular weight is 171 g/mol. The fourth-order valence-corrected chi connectivity index (χ4v) is 2.21. The van der Waals surface area contributed by atoms with E-state index in [2.05, 4.69) is 6.92 Å². The molecule has 0 aromatic heterocycles. The Morgan fingerprint density at radius 2 is 2.00 bits per heavy atom. The van der Waals surface area contributed by atoms with Crippen molar-refractivity contribution in [3.05, 3.63) is 0 Å². The Hall–Kier alpha value is -0.0800. The van der Waals surface area contributed by atoms with E-state index in [-0.39, 0.29) is 5.60 Å². The maximum absolute atomic E-state index is 5.75. The molecule has 0 aromatic rings. The van der Waals surface area contributed by atoms with Gasteiger partial charge in [-0.1, -0.05) is 12.8 Å². The molecule has 2 N–H and O–H groups in total. The van der Waals surface area contributed by atoms with Gasteiger partial charge in [0.15, 0.2) is 0 Å². The Morgan fingerprint density at radius 3 is 2.42 bits per heavy atom. The van der Waals surface area contributed by atoms with Gasteiger partial charge in [-0.05, 0) is 32.6 Å². The molecule has 1 fully saturated rings. The van der Waals surface area contributed by atoms with E-state index in [0.717, 1.165) is 6.61 Å². The largest absolute Gasteiger partial charge is 0.374 e. The SMILES string of the molecule is CCOC(C)(CN)C1CCCC1. The van der Waals surface area contributed by atoms with E-state index in [1.807, 2.05) is 6.92 Å². The van der Waals surface area contributed by atoms with Crippen molar-refractivity contribution in [2.24, 2.45) is 11.7 Å². The summed E-state index contributed by atoms with van der Waals surface area (Å²) in [4.78, 5) is 0. The molecular formula is C10H21NO. The Labute approximate surface area is 75.5 Å². The fourth-order valence-electron chi connectivity index (χ4n) is 2.21. The predicted octanol–water partition coefficient (Wildman–Crippen LogP) is 1.93. The van der Waals surface area contributed by atoms with Crippen molar-refractivity contribution in [3.8, 4) is 0 Å². The number of rotatable bonds is 4. The van der Waals surface area contributed by atoms with E-state index in [1.165, 1.54) is 25.7 Å². The first-order chi connectivity index (χ1) is 5.73. The summed E-state index contributed by atoms with van der Waals surface area (Å²) < 4.78 is 5.74. The lowest BCUT2D eigenvalue weighted by Crippen LogP contribution is -2.43. The minimum Gasteiger partial charge on any atom is -0.374 e. The molecule has 0 bridgehead atoms. The predicted molar refractivity (Wildman–Crippen MR) is 51.0 cm³/mol. The minimum atomic E-state index is -0.0503. The van der Waals surface area contributed by atoms with Crippen molar-refractivity contribution in [3.63, 3.8) is 0 Å². The molecule has 72 valence electrons. The average Bonchev–Trinajstić information content (AvgIpc) is 2.57. The smallest absolute Gasteiger partial charge is 0.0803 e. The van der Waals surface area contributed by atoms with Gasteiger partial charge in [0.05, 0.1) is 5.60 Å². The molecule has 12 heavy (non-hydrogen) atoms. The molecular weight excluding hydrogens is 150 g/mol. The van der Waals surface area contributed by atoms with Crippen LogP contribution < -0.4 is 5.73 Å². The standard InChI is InChI=1S/C10H21NO/c1-3-12-10(2,8-11)9-6-4-5-7-9/h9H,3-8,11H2,1-2H3. The van der Waals surface area contributed by atoms with Crippen LogP contribution in [-0.4, -0.2) is 18.8 Å². The van der Waals surface area contributed by atoms with E-state index in [1.54, 1.807) is 0 Å². The van der Waals surface area contributed by atoms with Crippen molar-refractivity contribution in [2.45, 2.75) is 45.1 Å². The molecule has 0 spiro atoms. The molecule has 0 aliphatic heterocycles. The van der Waals surface area contributed by atoms with Crippen molar-refractivity contribution < 1.29 is 4.74 Å². The van der Waals surface area contributed by atoms with Gasteiger partial charge < -0.3 is 10.5 Å². The maximum atomic E-state index is 5.75. The molecule has 1 atom stereocenters. The summed E-state index contributed by atoms with van der Waals surface area (Å²) in [5, 5.41) is 0. The quantitative estimate of drug-likeness (QED) is 0.701.